The zero-order valence-electron chi connectivity index (χ0n) is 12.4. The summed E-state index contributed by atoms with van der Waals surface area (Å²) in [5, 5.41) is 3.47. The number of ketones is 1. The number of benzene rings is 1. The van der Waals surface area contributed by atoms with E-state index in [-0.39, 0.29) is 17.6 Å². The second-order valence-electron chi connectivity index (χ2n) is 5.94. The smallest absolute Gasteiger partial charge is 0.189 e. The van der Waals surface area contributed by atoms with Gasteiger partial charge in [0.1, 0.15) is 5.69 Å². The molecule has 1 atom stereocenters. The second-order valence-corrected chi connectivity index (χ2v) is 5.94. The Morgan fingerprint density at radius 3 is 2.65 bits per heavy atom. The standard InChI is InChI=1S/C17H20N2O/c1-10(2)14-12-7-5-6-8-13(12)18-15-11(3)9-19(4)16(15)17(14)20/h5-10,14,18H,1-4H3. The molecule has 2 aromatic rings. The number of hydrogen-bond acceptors (Lipinski definition) is 2. The van der Waals surface area contributed by atoms with E-state index in [9.17, 15) is 4.79 Å². The van der Waals surface area contributed by atoms with Crippen LogP contribution in [0.15, 0.2) is 30.5 Å². The molecule has 0 saturated heterocycles. The minimum absolute atomic E-state index is 0.0899. The number of nitrogens with one attached hydrogen (secondary N) is 1. The predicted molar refractivity (Wildman–Crippen MR) is 81.8 cm³/mol. The topological polar surface area (TPSA) is 34.0 Å². The van der Waals surface area contributed by atoms with Crippen LogP contribution < -0.4 is 5.32 Å². The Morgan fingerprint density at radius 1 is 1.25 bits per heavy atom. The van der Waals surface area contributed by atoms with E-state index in [0.29, 0.717) is 0 Å². The predicted octanol–water partition coefficient (Wildman–Crippen LogP) is 4.01. The van der Waals surface area contributed by atoms with Gasteiger partial charge in [0, 0.05) is 18.9 Å². The summed E-state index contributed by atoms with van der Waals surface area (Å²) >= 11 is 0. The number of rotatable bonds is 1. The first-order valence-corrected chi connectivity index (χ1v) is 7.06. The minimum Gasteiger partial charge on any atom is -0.353 e. The number of para-hydroxylation sites is 1. The number of carbonyl (C=O) groups excluding carboxylic acids is 1. The fourth-order valence-corrected chi connectivity index (χ4v) is 3.20. The van der Waals surface area contributed by atoms with Crippen LogP contribution in [0.5, 0.6) is 0 Å². The Morgan fingerprint density at radius 2 is 1.95 bits per heavy atom. The molecule has 1 aliphatic heterocycles. The molecule has 1 unspecified atom stereocenters. The van der Waals surface area contributed by atoms with Gasteiger partial charge < -0.3 is 9.88 Å². The van der Waals surface area contributed by atoms with Gasteiger partial charge in [0.05, 0.1) is 11.6 Å². The third-order valence-corrected chi connectivity index (χ3v) is 4.11. The average molecular weight is 268 g/mol. The van der Waals surface area contributed by atoms with Gasteiger partial charge in [0.25, 0.3) is 0 Å². The number of carbonyl (C=O) groups is 1. The van der Waals surface area contributed by atoms with Crippen LogP contribution in [0.25, 0.3) is 0 Å². The molecule has 0 saturated carbocycles. The zero-order valence-corrected chi connectivity index (χ0v) is 12.4. The lowest BCUT2D eigenvalue weighted by molar-refractivity contribution is 0.0932. The summed E-state index contributed by atoms with van der Waals surface area (Å²) in [5.41, 5.74) is 5.00. The lowest BCUT2D eigenvalue weighted by Crippen LogP contribution is -2.19. The molecular formula is C17H20N2O. The van der Waals surface area contributed by atoms with Crippen molar-refractivity contribution < 1.29 is 4.79 Å². The third-order valence-electron chi connectivity index (χ3n) is 4.11. The highest BCUT2D eigenvalue weighted by atomic mass is 16.1. The fraction of sp³-hybridized carbons (Fsp3) is 0.353. The quantitative estimate of drug-likeness (QED) is 0.847. The Balaban J connectivity index is 2.29. The molecular weight excluding hydrogens is 248 g/mol. The maximum atomic E-state index is 13.0. The molecule has 0 aliphatic carbocycles. The molecule has 3 heteroatoms. The van der Waals surface area contributed by atoms with E-state index < -0.39 is 0 Å². The van der Waals surface area contributed by atoms with Crippen LogP contribution in [0, 0.1) is 12.8 Å². The van der Waals surface area contributed by atoms with E-state index in [1.807, 2.05) is 36.9 Å². The van der Waals surface area contributed by atoms with Crippen molar-refractivity contribution in [3.8, 4) is 0 Å². The first-order valence-electron chi connectivity index (χ1n) is 7.06. The van der Waals surface area contributed by atoms with E-state index >= 15 is 0 Å². The number of hydrogen-bond donors (Lipinski definition) is 1. The first-order chi connectivity index (χ1) is 9.50. The van der Waals surface area contributed by atoms with E-state index in [2.05, 4.69) is 31.3 Å². The Kier molecular flexibility index (Phi) is 2.93. The summed E-state index contributed by atoms with van der Waals surface area (Å²) in [6.07, 6.45) is 2.01. The molecule has 1 aliphatic rings. The van der Waals surface area contributed by atoms with Gasteiger partial charge in [-0.1, -0.05) is 32.0 Å². The number of fused-ring (bicyclic) bond motifs is 2. The summed E-state index contributed by atoms with van der Waals surface area (Å²) in [6.45, 7) is 6.26. The molecule has 1 aromatic carbocycles. The average Bonchev–Trinajstić information content (AvgIpc) is 2.58. The molecule has 0 radical (unpaired) electrons. The summed E-state index contributed by atoms with van der Waals surface area (Å²) in [4.78, 5) is 13.0. The molecule has 0 bridgehead atoms. The van der Waals surface area contributed by atoms with E-state index in [4.69, 9.17) is 0 Å². The van der Waals surface area contributed by atoms with Crippen LogP contribution >= 0.6 is 0 Å². The van der Waals surface area contributed by atoms with Crippen LogP contribution in [0.1, 0.15) is 41.4 Å². The van der Waals surface area contributed by atoms with Gasteiger partial charge in [0.15, 0.2) is 5.78 Å². The van der Waals surface area contributed by atoms with E-state index in [1.54, 1.807) is 0 Å². The van der Waals surface area contributed by atoms with Crippen molar-refractivity contribution >= 4 is 17.2 Å². The van der Waals surface area contributed by atoms with Crippen molar-refractivity contribution in [3.05, 3.63) is 47.3 Å². The largest absolute Gasteiger partial charge is 0.353 e. The highest BCUT2D eigenvalue weighted by molar-refractivity contribution is 6.07. The minimum atomic E-state index is -0.0899. The van der Waals surface area contributed by atoms with Crippen molar-refractivity contribution in [3.63, 3.8) is 0 Å². The Bertz CT molecular complexity index is 682. The van der Waals surface area contributed by atoms with Gasteiger partial charge in [0.2, 0.25) is 0 Å². The highest BCUT2D eigenvalue weighted by Crippen LogP contribution is 2.41. The second kappa shape index (κ2) is 4.51. The monoisotopic (exact) mass is 268 g/mol. The van der Waals surface area contributed by atoms with E-state index in [1.165, 1.54) is 0 Å². The number of anilines is 2. The molecule has 0 amide bonds. The molecule has 104 valence electrons. The molecule has 1 N–H and O–H groups in total. The van der Waals surface area contributed by atoms with Gasteiger partial charge >= 0.3 is 0 Å². The SMILES string of the molecule is Cc1cn(C)c2c1Nc1ccccc1C(C(C)C)C2=O. The Hall–Kier alpha value is -2.03. The van der Waals surface area contributed by atoms with Crippen molar-refractivity contribution in [2.24, 2.45) is 13.0 Å². The highest BCUT2D eigenvalue weighted by Gasteiger charge is 2.34. The van der Waals surface area contributed by atoms with Gasteiger partial charge in [-0.25, -0.2) is 0 Å². The molecule has 1 aromatic heterocycles. The fourth-order valence-electron chi connectivity index (χ4n) is 3.20. The first kappa shape index (κ1) is 13.0. The maximum Gasteiger partial charge on any atom is 0.189 e. The van der Waals surface area contributed by atoms with Gasteiger partial charge in [-0.05, 0) is 30.0 Å². The van der Waals surface area contributed by atoms with Gasteiger partial charge in [-0.3, -0.25) is 4.79 Å². The molecule has 20 heavy (non-hydrogen) atoms. The van der Waals surface area contributed by atoms with Crippen LogP contribution in [0.2, 0.25) is 0 Å². The van der Waals surface area contributed by atoms with Crippen molar-refractivity contribution in [2.75, 3.05) is 5.32 Å². The lowest BCUT2D eigenvalue weighted by Gasteiger charge is -2.20. The van der Waals surface area contributed by atoms with Gasteiger partial charge in [-0.2, -0.15) is 0 Å². The number of aromatic nitrogens is 1. The number of nitrogens with zero attached hydrogens (tertiary/aromatic N) is 1. The van der Waals surface area contributed by atoms with E-state index in [0.717, 1.165) is 28.2 Å². The normalized spacial score (nSPS) is 17.4. The van der Waals surface area contributed by atoms with Crippen LogP contribution in [-0.4, -0.2) is 10.4 Å². The lowest BCUT2D eigenvalue weighted by atomic mass is 9.83. The Labute approximate surface area is 119 Å². The molecule has 0 spiro atoms. The van der Waals surface area contributed by atoms with Crippen molar-refractivity contribution in [1.29, 1.82) is 0 Å². The summed E-state index contributed by atoms with van der Waals surface area (Å²) in [7, 11) is 1.94. The maximum absolute atomic E-state index is 13.0. The van der Waals surface area contributed by atoms with Crippen LogP contribution in [0.4, 0.5) is 11.4 Å². The van der Waals surface area contributed by atoms with Crippen LogP contribution in [0.3, 0.4) is 0 Å². The molecule has 3 nitrogen and oxygen atoms in total. The van der Waals surface area contributed by atoms with Gasteiger partial charge in [-0.15, -0.1) is 0 Å². The van der Waals surface area contributed by atoms with Crippen molar-refractivity contribution in [2.45, 2.75) is 26.7 Å². The summed E-state index contributed by atoms with van der Waals surface area (Å²) in [6, 6.07) is 8.13. The number of aryl methyl sites for hydroxylation is 2. The zero-order chi connectivity index (χ0) is 14.4. The molecule has 3 rings (SSSR count). The third kappa shape index (κ3) is 1.77. The molecule has 2 heterocycles. The van der Waals surface area contributed by atoms with Crippen molar-refractivity contribution in [1.82, 2.24) is 4.57 Å². The number of Topliss-reactive ketones (excluding diaryl/α,β-unsaturated/α-hetero) is 1. The molecule has 0 fully saturated rings. The van der Waals surface area contributed by atoms with Crippen LogP contribution in [-0.2, 0) is 7.05 Å². The summed E-state index contributed by atoms with van der Waals surface area (Å²) in [5.74, 6) is 0.391. The summed E-state index contributed by atoms with van der Waals surface area (Å²) < 4.78 is 1.95.